The van der Waals surface area contributed by atoms with Crippen LogP contribution in [-0.2, 0) is 0 Å². The molecular formula is C15H14BrFN2OS. The van der Waals surface area contributed by atoms with Crippen LogP contribution in [0.3, 0.4) is 0 Å². The molecule has 21 heavy (non-hydrogen) atoms. The molecule has 0 saturated heterocycles. The summed E-state index contributed by atoms with van der Waals surface area (Å²) in [4.78, 5) is 0.139. The molecule has 0 radical (unpaired) electrons. The smallest absolute Gasteiger partial charge is 0.161 e. The van der Waals surface area contributed by atoms with E-state index in [9.17, 15) is 4.39 Å². The molecule has 0 aliphatic heterocycles. The maximum Gasteiger partial charge on any atom is 0.161 e. The topological polar surface area (TPSA) is 47.3 Å². The molecule has 0 saturated carbocycles. The van der Waals surface area contributed by atoms with Gasteiger partial charge in [0.1, 0.15) is 10.7 Å². The van der Waals surface area contributed by atoms with Gasteiger partial charge in [-0.3, -0.25) is 0 Å². The number of hydrogen-bond acceptors (Lipinski definition) is 3. The molecule has 2 aromatic rings. The van der Waals surface area contributed by atoms with E-state index in [2.05, 4.69) is 21.2 Å². The van der Waals surface area contributed by atoms with Gasteiger partial charge in [-0.15, -0.1) is 0 Å². The molecule has 2 aromatic carbocycles. The lowest BCUT2D eigenvalue weighted by Crippen LogP contribution is -2.11. The molecule has 0 aromatic heterocycles. The number of rotatable bonds is 4. The van der Waals surface area contributed by atoms with Gasteiger partial charge in [0, 0.05) is 5.56 Å². The number of thiocarbonyl (C=S) groups is 1. The summed E-state index contributed by atoms with van der Waals surface area (Å²) in [5.41, 5.74) is 8.05. The minimum absolute atomic E-state index is 0.139. The van der Waals surface area contributed by atoms with Crippen LogP contribution in [0, 0.1) is 12.7 Å². The third-order valence-electron chi connectivity index (χ3n) is 2.97. The van der Waals surface area contributed by atoms with Crippen LogP contribution < -0.4 is 15.8 Å². The van der Waals surface area contributed by atoms with Crippen LogP contribution in [0.15, 0.2) is 34.8 Å². The zero-order chi connectivity index (χ0) is 15.6. The van der Waals surface area contributed by atoms with E-state index in [1.807, 2.05) is 25.1 Å². The predicted molar refractivity (Wildman–Crippen MR) is 91.0 cm³/mol. The summed E-state index contributed by atoms with van der Waals surface area (Å²) >= 11 is 8.06. The Balaban J connectivity index is 2.43. The van der Waals surface area contributed by atoms with Crippen LogP contribution in [-0.4, -0.2) is 12.1 Å². The highest BCUT2D eigenvalue weighted by Gasteiger charge is 2.14. The fraction of sp³-hybridized carbons (Fsp3) is 0.133. The number of aryl methyl sites for hydroxylation is 1. The number of hydrogen-bond donors (Lipinski definition) is 2. The lowest BCUT2D eigenvalue weighted by Gasteiger charge is -2.14. The van der Waals surface area contributed by atoms with Gasteiger partial charge in [-0.05, 0) is 52.7 Å². The number of benzene rings is 2. The average molecular weight is 369 g/mol. The van der Waals surface area contributed by atoms with Crippen molar-refractivity contribution in [1.82, 2.24) is 0 Å². The number of nitrogens with two attached hydrogens (primary N) is 1. The Morgan fingerprint density at radius 1 is 1.29 bits per heavy atom. The highest BCUT2D eigenvalue weighted by molar-refractivity contribution is 9.10. The van der Waals surface area contributed by atoms with E-state index in [0.29, 0.717) is 22.7 Å². The molecule has 3 nitrogen and oxygen atoms in total. The summed E-state index contributed by atoms with van der Waals surface area (Å²) in [7, 11) is 1.57. The Hall–Kier alpha value is -1.66. The highest BCUT2D eigenvalue weighted by atomic mass is 79.9. The molecule has 3 N–H and O–H groups in total. The second kappa shape index (κ2) is 6.41. The molecule has 110 valence electrons. The molecular weight excluding hydrogens is 355 g/mol. The normalized spacial score (nSPS) is 10.3. The number of halogens is 2. The molecule has 0 amide bonds. The van der Waals surface area contributed by atoms with Crippen molar-refractivity contribution in [2.75, 3.05) is 12.4 Å². The van der Waals surface area contributed by atoms with Crippen LogP contribution >= 0.6 is 28.1 Å². The second-order valence-electron chi connectivity index (χ2n) is 4.48. The molecule has 0 heterocycles. The van der Waals surface area contributed by atoms with E-state index >= 15 is 0 Å². The molecule has 6 heteroatoms. The summed E-state index contributed by atoms with van der Waals surface area (Å²) in [6.07, 6.45) is 0. The lowest BCUT2D eigenvalue weighted by molar-refractivity contribution is 0.416. The van der Waals surface area contributed by atoms with Gasteiger partial charge in [-0.2, -0.15) is 0 Å². The maximum absolute atomic E-state index is 14.4. The van der Waals surface area contributed by atoms with Crippen molar-refractivity contribution in [3.63, 3.8) is 0 Å². The SMILES string of the molecule is COc1ccc(C)cc1Nc1ccc(C(N)=S)c(Br)c1F. The van der Waals surface area contributed by atoms with E-state index in [0.717, 1.165) is 5.56 Å². The minimum atomic E-state index is -0.455. The van der Waals surface area contributed by atoms with Crippen molar-refractivity contribution in [3.8, 4) is 5.75 Å². The fourth-order valence-corrected chi connectivity index (χ4v) is 2.76. The van der Waals surface area contributed by atoms with Crippen molar-refractivity contribution in [2.24, 2.45) is 5.73 Å². The Kier molecular flexibility index (Phi) is 4.80. The van der Waals surface area contributed by atoms with Crippen molar-refractivity contribution in [2.45, 2.75) is 6.92 Å². The summed E-state index contributed by atoms with van der Waals surface area (Å²) in [6.45, 7) is 1.95. The molecule has 0 aliphatic rings. The van der Waals surface area contributed by atoms with Crippen molar-refractivity contribution < 1.29 is 9.13 Å². The Labute approximate surface area is 136 Å². The molecule has 0 aliphatic carbocycles. The third-order valence-corrected chi connectivity index (χ3v) is 3.97. The molecule has 0 spiro atoms. The Bertz CT molecular complexity index is 706. The highest BCUT2D eigenvalue weighted by Crippen LogP contribution is 2.33. The maximum atomic E-state index is 14.4. The Morgan fingerprint density at radius 3 is 2.62 bits per heavy atom. The van der Waals surface area contributed by atoms with E-state index in [4.69, 9.17) is 22.7 Å². The van der Waals surface area contributed by atoms with Crippen molar-refractivity contribution in [1.29, 1.82) is 0 Å². The number of anilines is 2. The van der Waals surface area contributed by atoms with Crippen LogP contribution in [0.2, 0.25) is 0 Å². The molecule has 0 atom stereocenters. The van der Waals surface area contributed by atoms with Crippen LogP contribution in [0.4, 0.5) is 15.8 Å². The van der Waals surface area contributed by atoms with Crippen molar-refractivity contribution >= 4 is 44.5 Å². The van der Waals surface area contributed by atoms with E-state index in [-0.39, 0.29) is 9.46 Å². The fourth-order valence-electron chi connectivity index (χ4n) is 1.90. The standard InChI is InChI=1S/C15H14BrFN2OS/c1-8-3-6-12(20-2)11(7-8)19-10-5-4-9(15(18)21)13(16)14(10)17/h3-7,19H,1-2H3,(H2,18,21). The first kappa shape index (κ1) is 15.7. The molecule has 0 unspecified atom stereocenters. The monoisotopic (exact) mass is 368 g/mol. The number of methoxy groups -OCH3 is 1. The quantitative estimate of drug-likeness (QED) is 0.790. The second-order valence-corrected chi connectivity index (χ2v) is 5.71. The van der Waals surface area contributed by atoms with E-state index in [1.54, 1.807) is 19.2 Å². The molecule has 0 bridgehead atoms. The minimum Gasteiger partial charge on any atom is -0.495 e. The van der Waals surface area contributed by atoms with Crippen LogP contribution in [0.5, 0.6) is 5.75 Å². The van der Waals surface area contributed by atoms with Gasteiger partial charge in [-0.1, -0.05) is 18.3 Å². The van der Waals surface area contributed by atoms with Gasteiger partial charge in [0.15, 0.2) is 5.82 Å². The van der Waals surface area contributed by atoms with Gasteiger partial charge in [0.2, 0.25) is 0 Å². The first-order valence-electron chi connectivity index (χ1n) is 6.13. The number of ether oxygens (including phenoxy) is 1. The van der Waals surface area contributed by atoms with Gasteiger partial charge < -0.3 is 15.8 Å². The summed E-state index contributed by atoms with van der Waals surface area (Å²) in [5.74, 6) is 0.179. The predicted octanol–water partition coefficient (Wildman–Crippen LogP) is 4.28. The molecule has 0 fully saturated rings. The zero-order valence-corrected chi connectivity index (χ0v) is 13.9. The summed E-state index contributed by atoms with van der Waals surface area (Å²) in [5, 5.41) is 3.03. The lowest BCUT2D eigenvalue weighted by atomic mass is 10.1. The van der Waals surface area contributed by atoms with Crippen LogP contribution in [0.25, 0.3) is 0 Å². The van der Waals surface area contributed by atoms with Gasteiger partial charge in [0.05, 0.1) is 23.0 Å². The third kappa shape index (κ3) is 3.33. The molecule has 2 rings (SSSR count). The first-order valence-corrected chi connectivity index (χ1v) is 7.33. The Morgan fingerprint density at radius 2 is 2.00 bits per heavy atom. The largest absolute Gasteiger partial charge is 0.495 e. The zero-order valence-electron chi connectivity index (χ0n) is 11.5. The van der Waals surface area contributed by atoms with Gasteiger partial charge in [0.25, 0.3) is 0 Å². The average Bonchev–Trinajstić information content (AvgIpc) is 2.44. The van der Waals surface area contributed by atoms with Gasteiger partial charge >= 0.3 is 0 Å². The number of nitrogens with one attached hydrogen (secondary N) is 1. The van der Waals surface area contributed by atoms with E-state index < -0.39 is 5.82 Å². The van der Waals surface area contributed by atoms with E-state index in [1.165, 1.54) is 0 Å². The van der Waals surface area contributed by atoms with Crippen molar-refractivity contribution in [3.05, 3.63) is 51.7 Å². The summed E-state index contributed by atoms with van der Waals surface area (Å²) < 4.78 is 19.9. The first-order chi connectivity index (χ1) is 9.93. The van der Waals surface area contributed by atoms with Gasteiger partial charge in [-0.25, -0.2) is 4.39 Å². The van der Waals surface area contributed by atoms with Crippen LogP contribution in [0.1, 0.15) is 11.1 Å². The summed E-state index contributed by atoms with van der Waals surface area (Å²) in [6, 6.07) is 8.89.